The molecular formula is C18H23BrN2. The predicted molar refractivity (Wildman–Crippen MR) is 94.7 cm³/mol. The van der Waals surface area contributed by atoms with E-state index in [9.17, 15) is 0 Å². The molecule has 3 heteroatoms. The topological polar surface area (TPSA) is 15.3 Å². The Labute approximate surface area is 136 Å². The normalized spacial score (nSPS) is 10.9. The van der Waals surface area contributed by atoms with E-state index in [2.05, 4.69) is 95.6 Å². The Morgan fingerprint density at radius 1 is 1.05 bits per heavy atom. The fourth-order valence-corrected chi connectivity index (χ4v) is 2.64. The second kappa shape index (κ2) is 7.62. The number of benzene rings is 2. The second-order valence-electron chi connectivity index (χ2n) is 5.69. The van der Waals surface area contributed by atoms with Crippen molar-refractivity contribution in [1.82, 2.24) is 5.32 Å². The van der Waals surface area contributed by atoms with Crippen LogP contribution in [0.5, 0.6) is 0 Å². The van der Waals surface area contributed by atoms with Crippen LogP contribution in [0.2, 0.25) is 0 Å². The first kappa shape index (κ1) is 16.1. The summed E-state index contributed by atoms with van der Waals surface area (Å²) >= 11 is 3.52. The van der Waals surface area contributed by atoms with Crippen molar-refractivity contribution in [2.75, 3.05) is 11.9 Å². The SMILES string of the molecule is CC(C)NCc1ccc(N(C)Cc2cccc(Br)c2)cc1. The minimum atomic E-state index is 0.517. The first-order valence-electron chi connectivity index (χ1n) is 7.32. The summed E-state index contributed by atoms with van der Waals surface area (Å²) in [5.41, 5.74) is 3.86. The summed E-state index contributed by atoms with van der Waals surface area (Å²) in [7, 11) is 2.13. The zero-order valence-corrected chi connectivity index (χ0v) is 14.5. The summed E-state index contributed by atoms with van der Waals surface area (Å²) in [5, 5.41) is 3.44. The van der Waals surface area contributed by atoms with Crippen LogP contribution in [-0.2, 0) is 13.1 Å². The third-order valence-corrected chi connectivity index (χ3v) is 3.89. The maximum atomic E-state index is 3.52. The zero-order valence-electron chi connectivity index (χ0n) is 12.9. The first-order chi connectivity index (χ1) is 10.0. The molecule has 0 amide bonds. The number of nitrogens with one attached hydrogen (secondary N) is 1. The van der Waals surface area contributed by atoms with Crippen molar-refractivity contribution in [3.05, 3.63) is 64.1 Å². The zero-order chi connectivity index (χ0) is 15.2. The van der Waals surface area contributed by atoms with Gasteiger partial charge in [-0.3, -0.25) is 0 Å². The maximum Gasteiger partial charge on any atom is 0.0426 e. The molecule has 2 nitrogen and oxygen atoms in total. The van der Waals surface area contributed by atoms with Gasteiger partial charge in [0.25, 0.3) is 0 Å². The molecule has 2 aromatic carbocycles. The average Bonchev–Trinajstić information content (AvgIpc) is 2.45. The molecule has 1 N–H and O–H groups in total. The van der Waals surface area contributed by atoms with Crippen LogP contribution in [0, 0.1) is 0 Å². The van der Waals surface area contributed by atoms with Gasteiger partial charge < -0.3 is 10.2 Å². The van der Waals surface area contributed by atoms with E-state index < -0.39 is 0 Å². The number of nitrogens with zero attached hydrogens (tertiary/aromatic N) is 1. The first-order valence-corrected chi connectivity index (χ1v) is 8.12. The van der Waals surface area contributed by atoms with Gasteiger partial charge in [0.15, 0.2) is 0 Å². The van der Waals surface area contributed by atoms with Crippen molar-refractivity contribution in [2.24, 2.45) is 0 Å². The van der Waals surface area contributed by atoms with Crippen LogP contribution in [0.4, 0.5) is 5.69 Å². The lowest BCUT2D eigenvalue weighted by molar-refractivity contribution is 0.589. The van der Waals surface area contributed by atoms with Gasteiger partial charge in [-0.2, -0.15) is 0 Å². The van der Waals surface area contributed by atoms with Gasteiger partial charge >= 0.3 is 0 Å². The quantitative estimate of drug-likeness (QED) is 0.823. The van der Waals surface area contributed by atoms with Crippen LogP contribution in [0.25, 0.3) is 0 Å². The molecule has 0 aliphatic carbocycles. The molecule has 0 saturated heterocycles. The number of hydrogen-bond acceptors (Lipinski definition) is 2. The highest BCUT2D eigenvalue weighted by atomic mass is 79.9. The van der Waals surface area contributed by atoms with Gasteiger partial charge in [-0.15, -0.1) is 0 Å². The molecule has 0 saturated carbocycles. The van der Waals surface area contributed by atoms with Gasteiger partial charge in [-0.25, -0.2) is 0 Å². The van der Waals surface area contributed by atoms with E-state index in [1.807, 2.05) is 0 Å². The molecular weight excluding hydrogens is 324 g/mol. The Hall–Kier alpha value is -1.32. The standard InChI is InChI=1S/C18H23BrN2/c1-14(2)20-12-15-7-9-18(10-8-15)21(3)13-16-5-4-6-17(19)11-16/h4-11,14,20H,12-13H2,1-3H3. The molecule has 0 aliphatic rings. The van der Waals surface area contributed by atoms with E-state index in [0.717, 1.165) is 17.6 Å². The van der Waals surface area contributed by atoms with E-state index in [-0.39, 0.29) is 0 Å². The second-order valence-corrected chi connectivity index (χ2v) is 6.60. The molecule has 0 spiro atoms. The smallest absolute Gasteiger partial charge is 0.0426 e. The van der Waals surface area contributed by atoms with E-state index in [4.69, 9.17) is 0 Å². The lowest BCUT2D eigenvalue weighted by atomic mass is 10.1. The Kier molecular flexibility index (Phi) is 5.83. The summed E-state index contributed by atoms with van der Waals surface area (Å²) in [6, 6.07) is 17.7. The van der Waals surface area contributed by atoms with Crippen LogP contribution >= 0.6 is 15.9 Å². The molecule has 0 fully saturated rings. The molecule has 0 aliphatic heterocycles. The Bertz CT molecular complexity index is 564. The largest absolute Gasteiger partial charge is 0.370 e. The summed E-state index contributed by atoms with van der Waals surface area (Å²) in [6.07, 6.45) is 0. The monoisotopic (exact) mass is 346 g/mol. The molecule has 0 bridgehead atoms. The molecule has 0 radical (unpaired) electrons. The van der Waals surface area contributed by atoms with Gasteiger partial charge in [0, 0.05) is 36.3 Å². The number of anilines is 1. The van der Waals surface area contributed by atoms with E-state index in [0.29, 0.717) is 6.04 Å². The summed E-state index contributed by atoms with van der Waals surface area (Å²) in [4.78, 5) is 2.27. The van der Waals surface area contributed by atoms with Crippen LogP contribution in [0.3, 0.4) is 0 Å². The molecule has 0 unspecified atom stereocenters. The lowest BCUT2D eigenvalue weighted by Crippen LogP contribution is -2.22. The molecule has 0 aromatic heterocycles. The van der Waals surface area contributed by atoms with Gasteiger partial charge in [0.2, 0.25) is 0 Å². The average molecular weight is 347 g/mol. The maximum absolute atomic E-state index is 3.52. The van der Waals surface area contributed by atoms with Crippen LogP contribution in [0.1, 0.15) is 25.0 Å². The third-order valence-electron chi connectivity index (χ3n) is 3.40. The van der Waals surface area contributed by atoms with Crippen molar-refractivity contribution in [2.45, 2.75) is 33.0 Å². The van der Waals surface area contributed by atoms with Crippen molar-refractivity contribution in [3.63, 3.8) is 0 Å². The van der Waals surface area contributed by atoms with Crippen molar-refractivity contribution < 1.29 is 0 Å². The highest BCUT2D eigenvalue weighted by molar-refractivity contribution is 9.10. The summed E-state index contributed by atoms with van der Waals surface area (Å²) < 4.78 is 1.13. The van der Waals surface area contributed by atoms with Crippen molar-refractivity contribution in [3.8, 4) is 0 Å². The summed E-state index contributed by atoms with van der Waals surface area (Å²) in [5.74, 6) is 0. The molecule has 0 atom stereocenters. The molecule has 2 rings (SSSR count). The van der Waals surface area contributed by atoms with Crippen LogP contribution in [0.15, 0.2) is 53.0 Å². The fraction of sp³-hybridized carbons (Fsp3) is 0.333. The fourth-order valence-electron chi connectivity index (χ4n) is 2.19. The Morgan fingerprint density at radius 3 is 2.38 bits per heavy atom. The van der Waals surface area contributed by atoms with Gasteiger partial charge in [0.1, 0.15) is 0 Å². The van der Waals surface area contributed by atoms with E-state index in [1.165, 1.54) is 16.8 Å². The Morgan fingerprint density at radius 2 is 1.76 bits per heavy atom. The van der Waals surface area contributed by atoms with E-state index in [1.54, 1.807) is 0 Å². The number of halogens is 1. The van der Waals surface area contributed by atoms with Crippen molar-refractivity contribution in [1.29, 1.82) is 0 Å². The Balaban J connectivity index is 1.97. The molecule has 21 heavy (non-hydrogen) atoms. The minimum absolute atomic E-state index is 0.517. The van der Waals surface area contributed by atoms with Gasteiger partial charge in [0.05, 0.1) is 0 Å². The van der Waals surface area contributed by atoms with Crippen molar-refractivity contribution >= 4 is 21.6 Å². The minimum Gasteiger partial charge on any atom is -0.370 e. The van der Waals surface area contributed by atoms with Gasteiger partial charge in [-0.1, -0.05) is 54.0 Å². The predicted octanol–water partition coefficient (Wildman–Crippen LogP) is 4.58. The molecule has 0 heterocycles. The lowest BCUT2D eigenvalue weighted by Gasteiger charge is -2.20. The van der Waals surface area contributed by atoms with Gasteiger partial charge in [-0.05, 0) is 35.4 Å². The molecule has 112 valence electrons. The van der Waals surface area contributed by atoms with E-state index >= 15 is 0 Å². The highest BCUT2D eigenvalue weighted by Gasteiger charge is 2.03. The molecule has 2 aromatic rings. The third kappa shape index (κ3) is 5.18. The summed E-state index contributed by atoms with van der Waals surface area (Å²) in [6.45, 7) is 6.16. The van der Waals surface area contributed by atoms with Crippen LogP contribution < -0.4 is 10.2 Å². The highest BCUT2D eigenvalue weighted by Crippen LogP contribution is 2.18. The number of hydrogen-bond donors (Lipinski definition) is 1. The number of rotatable bonds is 6. The van der Waals surface area contributed by atoms with Crippen LogP contribution in [-0.4, -0.2) is 13.1 Å².